The van der Waals surface area contributed by atoms with Gasteiger partial charge in [0.1, 0.15) is 12.4 Å². The van der Waals surface area contributed by atoms with Gasteiger partial charge in [0.2, 0.25) is 0 Å². The van der Waals surface area contributed by atoms with E-state index in [0.29, 0.717) is 19.8 Å². The van der Waals surface area contributed by atoms with Crippen molar-refractivity contribution < 1.29 is 14.2 Å². The van der Waals surface area contributed by atoms with E-state index in [-0.39, 0.29) is 12.3 Å². The van der Waals surface area contributed by atoms with Gasteiger partial charge in [0.25, 0.3) is 0 Å². The molecule has 2 aromatic rings. The van der Waals surface area contributed by atoms with E-state index in [0.717, 1.165) is 24.3 Å². The molecule has 1 aliphatic heterocycles. The number of thioether (sulfide) groups is 1. The minimum absolute atomic E-state index is 0.146. The normalized spacial score (nSPS) is 16.2. The van der Waals surface area contributed by atoms with Crippen LogP contribution in [0.2, 0.25) is 0 Å². The number of aryl methyl sites for hydroxylation is 1. The highest BCUT2D eigenvalue weighted by Crippen LogP contribution is 2.42. The fourth-order valence-electron chi connectivity index (χ4n) is 4.34. The zero-order chi connectivity index (χ0) is 22.2. The van der Waals surface area contributed by atoms with Crippen molar-refractivity contribution in [2.75, 3.05) is 31.8 Å². The van der Waals surface area contributed by atoms with Crippen molar-refractivity contribution in [3.05, 3.63) is 52.6 Å². The molecule has 170 valence electrons. The summed E-state index contributed by atoms with van der Waals surface area (Å²) >= 11 is 1.90. The molecule has 1 aliphatic rings. The highest BCUT2D eigenvalue weighted by Gasteiger charge is 2.28. The van der Waals surface area contributed by atoms with Gasteiger partial charge in [-0.3, -0.25) is 0 Å². The third-order valence-corrected chi connectivity index (χ3v) is 6.49. The van der Waals surface area contributed by atoms with Crippen LogP contribution in [0.15, 0.2) is 30.3 Å². The summed E-state index contributed by atoms with van der Waals surface area (Å²) in [6.07, 6.45) is 4.04. The second-order valence-corrected chi connectivity index (χ2v) is 9.06. The molecule has 0 saturated heterocycles. The second-order valence-electron chi connectivity index (χ2n) is 8.07. The summed E-state index contributed by atoms with van der Waals surface area (Å²) in [6, 6.07) is 11.2. The Morgan fingerprint density at radius 1 is 1.19 bits per heavy atom. The molecule has 4 nitrogen and oxygen atoms in total. The molecule has 1 heterocycles. The van der Waals surface area contributed by atoms with Crippen molar-refractivity contribution in [1.82, 2.24) is 5.32 Å². The Morgan fingerprint density at radius 2 is 2.03 bits per heavy atom. The first-order valence-electron chi connectivity index (χ1n) is 11.4. The molecule has 2 aromatic carbocycles. The van der Waals surface area contributed by atoms with E-state index in [1.807, 2.05) is 18.7 Å². The van der Waals surface area contributed by atoms with Crippen molar-refractivity contribution in [1.29, 1.82) is 0 Å². The fourth-order valence-corrected chi connectivity index (χ4v) is 4.78. The van der Waals surface area contributed by atoms with E-state index >= 15 is 0 Å². The lowest BCUT2D eigenvalue weighted by Crippen LogP contribution is -2.24. The SMILES string of the molecule is CCOC(CC)OCc1cccc(-c2c(C)cc3c(c2C)C(NCCCSC)CO3)c1. The summed E-state index contributed by atoms with van der Waals surface area (Å²) in [5.41, 5.74) is 7.58. The molecule has 0 bridgehead atoms. The minimum Gasteiger partial charge on any atom is -0.491 e. The molecule has 5 heteroatoms. The lowest BCUT2D eigenvalue weighted by atomic mass is 9.89. The van der Waals surface area contributed by atoms with E-state index in [1.165, 1.54) is 40.0 Å². The Morgan fingerprint density at radius 3 is 2.77 bits per heavy atom. The van der Waals surface area contributed by atoms with E-state index in [9.17, 15) is 0 Å². The monoisotopic (exact) mass is 443 g/mol. The van der Waals surface area contributed by atoms with Gasteiger partial charge < -0.3 is 19.5 Å². The van der Waals surface area contributed by atoms with Crippen LogP contribution in [-0.2, 0) is 16.1 Å². The Labute approximate surface area is 192 Å². The van der Waals surface area contributed by atoms with Crippen molar-refractivity contribution in [3.8, 4) is 16.9 Å². The summed E-state index contributed by atoms with van der Waals surface area (Å²) in [5, 5.41) is 3.70. The number of rotatable bonds is 12. The third kappa shape index (κ3) is 6.04. The summed E-state index contributed by atoms with van der Waals surface area (Å²) in [7, 11) is 0. The van der Waals surface area contributed by atoms with Gasteiger partial charge in [0.15, 0.2) is 6.29 Å². The number of benzene rings is 2. The van der Waals surface area contributed by atoms with E-state index in [4.69, 9.17) is 14.2 Å². The lowest BCUT2D eigenvalue weighted by molar-refractivity contribution is -0.147. The quantitative estimate of drug-likeness (QED) is 0.320. The van der Waals surface area contributed by atoms with Crippen molar-refractivity contribution >= 4 is 11.8 Å². The topological polar surface area (TPSA) is 39.7 Å². The molecular weight excluding hydrogens is 406 g/mol. The van der Waals surface area contributed by atoms with Crippen LogP contribution in [-0.4, -0.2) is 38.1 Å². The molecule has 0 aliphatic carbocycles. The van der Waals surface area contributed by atoms with Crippen molar-refractivity contribution in [2.45, 2.75) is 59.5 Å². The van der Waals surface area contributed by atoms with E-state index in [2.05, 4.69) is 62.7 Å². The maximum atomic E-state index is 6.04. The number of fused-ring (bicyclic) bond motifs is 1. The molecule has 0 aromatic heterocycles. The predicted octanol–water partition coefficient (Wildman–Crippen LogP) is 6.04. The highest BCUT2D eigenvalue weighted by molar-refractivity contribution is 7.98. The van der Waals surface area contributed by atoms with Gasteiger partial charge in [-0.1, -0.05) is 25.1 Å². The maximum Gasteiger partial charge on any atom is 0.157 e. The molecule has 1 N–H and O–H groups in total. The average Bonchev–Trinajstić information content (AvgIpc) is 3.17. The molecule has 0 fully saturated rings. The first kappa shape index (κ1) is 24.1. The van der Waals surface area contributed by atoms with Crippen molar-refractivity contribution in [2.24, 2.45) is 0 Å². The Kier molecular flexibility index (Phi) is 9.27. The van der Waals surface area contributed by atoms with Gasteiger partial charge >= 0.3 is 0 Å². The van der Waals surface area contributed by atoms with Crippen molar-refractivity contribution in [3.63, 3.8) is 0 Å². The number of ether oxygens (including phenoxy) is 3. The van der Waals surface area contributed by atoms with Gasteiger partial charge in [-0.05, 0) is 92.1 Å². The molecule has 0 radical (unpaired) electrons. The number of hydrogen-bond acceptors (Lipinski definition) is 5. The Balaban J connectivity index is 1.82. The van der Waals surface area contributed by atoms with Gasteiger partial charge in [-0.25, -0.2) is 0 Å². The second kappa shape index (κ2) is 11.9. The molecule has 31 heavy (non-hydrogen) atoms. The van der Waals surface area contributed by atoms with Crippen LogP contribution in [0, 0.1) is 13.8 Å². The summed E-state index contributed by atoms with van der Waals surface area (Å²) in [5.74, 6) is 2.21. The lowest BCUT2D eigenvalue weighted by Gasteiger charge is -2.19. The van der Waals surface area contributed by atoms with Crippen LogP contribution in [0.5, 0.6) is 5.75 Å². The predicted molar refractivity (Wildman–Crippen MR) is 131 cm³/mol. The molecular formula is C26H37NO3S. The molecule has 0 spiro atoms. The third-order valence-electron chi connectivity index (χ3n) is 5.79. The number of nitrogens with one attached hydrogen (secondary N) is 1. The molecule has 2 atom stereocenters. The molecule has 3 rings (SSSR count). The summed E-state index contributed by atoms with van der Waals surface area (Å²) in [4.78, 5) is 0. The zero-order valence-electron chi connectivity index (χ0n) is 19.6. The minimum atomic E-state index is -0.146. The smallest absolute Gasteiger partial charge is 0.157 e. The fraction of sp³-hybridized carbons (Fsp3) is 0.538. The van der Waals surface area contributed by atoms with Gasteiger partial charge in [-0.15, -0.1) is 0 Å². The first-order chi connectivity index (χ1) is 15.1. The van der Waals surface area contributed by atoms with Crippen LogP contribution in [0.1, 0.15) is 55.0 Å². The standard InChI is InChI=1S/C26H37NO3S/c1-6-24(28-7-2)30-16-20-10-8-11-21(15-20)25-18(3)14-23-26(19(25)4)22(17-29-23)27-12-9-13-31-5/h8,10-11,14-15,22,24,27H,6-7,9,12-13,16-17H2,1-5H3. The zero-order valence-corrected chi connectivity index (χ0v) is 20.4. The molecule has 2 unspecified atom stereocenters. The largest absolute Gasteiger partial charge is 0.491 e. The van der Waals surface area contributed by atoms with Gasteiger partial charge in [-0.2, -0.15) is 11.8 Å². The highest BCUT2D eigenvalue weighted by atomic mass is 32.2. The Hall–Kier alpha value is -1.53. The van der Waals surface area contributed by atoms with Crippen LogP contribution in [0.25, 0.3) is 11.1 Å². The summed E-state index contributed by atoms with van der Waals surface area (Å²) < 4.78 is 17.6. The van der Waals surface area contributed by atoms with Gasteiger partial charge in [0, 0.05) is 12.2 Å². The molecule has 0 amide bonds. The molecule has 0 saturated carbocycles. The van der Waals surface area contributed by atoms with Crippen LogP contribution in [0.4, 0.5) is 0 Å². The average molecular weight is 444 g/mol. The van der Waals surface area contributed by atoms with Gasteiger partial charge in [0.05, 0.1) is 12.6 Å². The van der Waals surface area contributed by atoms with E-state index < -0.39 is 0 Å². The Bertz CT molecular complexity index is 855. The van der Waals surface area contributed by atoms with Crippen LogP contribution < -0.4 is 10.1 Å². The number of hydrogen-bond donors (Lipinski definition) is 1. The summed E-state index contributed by atoms with van der Waals surface area (Å²) in [6.45, 7) is 11.4. The first-order valence-corrected chi connectivity index (χ1v) is 12.8. The van der Waals surface area contributed by atoms with E-state index in [1.54, 1.807) is 0 Å². The van der Waals surface area contributed by atoms with Crippen LogP contribution in [0.3, 0.4) is 0 Å². The maximum absolute atomic E-state index is 6.04. The van der Waals surface area contributed by atoms with Crippen LogP contribution >= 0.6 is 11.8 Å².